The number of benzene rings is 1. The van der Waals surface area contributed by atoms with E-state index in [1.807, 2.05) is 12.1 Å². The van der Waals surface area contributed by atoms with Gasteiger partial charge in [0.2, 0.25) is 12.7 Å². The van der Waals surface area contributed by atoms with E-state index in [1.54, 1.807) is 0 Å². The number of nitrogens with zero attached hydrogens (tertiary/aromatic N) is 1. The molecule has 0 saturated heterocycles. The van der Waals surface area contributed by atoms with Crippen molar-refractivity contribution in [3.8, 4) is 11.5 Å². The minimum absolute atomic E-state index is 0.00293. The number of carbonyl (C=O) groups excluding carboxylic acids is 1. The van der Waals surface area contributed by atoms with Gasteiger partial charge in [-0.2, -0.15) is 0 Å². The van der Waals surface area contributed by atoms with Crippen LogP contribution in [-0.4, -0.2) is 37.2 Å². The largest absolute Gasteiger partial charge is 0.454 e. The third-order valence-corrected chi connectivity index (χ3v) is 4.16. The first-order valence-electron chi connectivity index (χ1n) is 7.34. The van der Waals surface area contributed by atoms with Crippen LogP contribution in [0.2, 0.25) is 5.02 Å². The van der Waals surface area contributed by atoms with Crippen LogP contribution in [0, 0.1) is 0 Å². The predicted octanol–water partition coefficient (Wildman–Crippen LogP) is 2.34. The molecule has 0 atom stereocenters. The van der Waals surface area contributed by atoms with Crippen LogP contribution in [0.15, 0.2) is 23.8 Å². The zero-order valence-electron chi connectivity index (χ0n) is 12.5. The molecule has 22 heavy (non-hydrogen) atoms. The quantitative estimate of drug-likeness (QED) is 0.865. The molecule has 5 nitrogen and oxygen atoms in total. The summed E-state index contributed by atoms with van der Waals surface area (Å²) in [6.07, 6.45) is 3.19. The molecule has 1 N–H and O–H groups in total. The summed E-state index contributed by atoms with van der Waals surface area (Å²) in [5.41, 5.74) is 2.27. The maximum absolute atomic E-state index is 11.0. The fourth-order valence-corrected chi connectivity index (χ4v) is 2.92. The molecule has 6 heteroatoms. The summed E-state index contributed by atoms with van der Waals surface area (Å²) in [4.78, 5) is 13.3. The third-order valence-electron chi connectivity index (χ3n) is 3.80. The summed E-state index contributed by atoms with van der Waals surface area (Å²) in [7, 11) is 0. The first-order valence-corrected chi connectivity index (χ1v) is 7.72. The van der Waals surface area contributed by atoms with Gasteiger partial charge in [0.1, 0.15) is 0 Å². The van der Waals surface area contributed by atoms with Crippen molar-refractivity contribution in [2.24, 2.45) is 0 Å². The summed E-state index contributed by atoms with van der Waals surface area (Å²) in [5, 5.41) is 3.55. The minimum atomic E-state index is -0.00293. The van der Waals surface area contributed by atoms with E-state index in [-0.39, 0.29) is 12.7 Å². The van der Waals surface area contributed by atoms with Gasteiger partial charge in [-0.25, -0.2) is 0 Å². The lowest BCUT2D eigenvalue weighted by atomic mass is 10.1. The Kier molecular flexibility index (Phi) is 4.55. The summed E-state index contributed by atoms with van der Waals surface area (Å²) >= 11 is 6.33. The number of hydrogen-bond acceptors (Lipinski definition) is 4. The number of rotatable bonds is 4. The normalized spacial score (nSPS) is 17.3. The maximum Gasteiger partial charge on any atom is 0.231 e. The van der Waals surface area contributed by atoms with Crippen LogP contribution in [0.5, 0.6) is 11.5 Å². The molecule has 0 unspecified atom stereocenters. The van der Waals surface area contributed by atoms with Crippen LogP contribution in [0.1, 0.15) is 18.9 Å². The van der Waals surface area contributed by atoms with E-state index < -0.39 is 0 Å². The van der Waals surface area contributed by atoms with Crippen molar-refractivity contribution in [3.05, 3.63) is 34.4 Å². The van der Waals surface area contributed by atoms with E-state index >= 15 is 0 Å². The van der Waals surface area contributed by atoms with Gasteiger partial charge in [0.05, 0.1) is 0 Å². The molecule has 2 heterocycles. The monoisotopic (exact) mass is 322 g/mol. The number of nitrogens with one attached hydrogen (secondary N) is 1. The van der Waals surface area contributed by atoms with Gasteiger partial charge in [-0.1, -0.05) is 17.7 Å². The zero-order chi connectivity index (χ0) is 15.5. The molecule has 3 rings (SSSR count). The molecule has 2 aliphatic rings. The number of fused-ring (bicyclic) bond motifs is 1. The Bertz CT molecular complexity index is 616. The van der Waals surface area contributed by atoms with Crippen LogP contribution in [0.25, 0.3) is 0 Å². The van der Waals surface area contributed by atoms with E-state index in [4.69, 9.17) is 21.1 Å². The molecule has 0 fully saturated rings. The Hall–Kier alpha value is -1.72. The summed E-state index contributed by atoms with van der Waals surface area (Å²) in [6.45, 7) is 4.98. The second-order valence-electron chi connectivity index (χ2n) is 5.57. The first kappa shape index (κ1) is 15.2. The predicted molar refractivity (Wildman–Crippen MR) is 84.2 cm³/mol. The molecule has 1 aromatic rings. The van der Waals surface area contributed by atoms with Gasteiger partial charge in [0.15, 0.2) is 11.5 Å². The van der Waals surface area contributed by atoms with E-state index in [1.165, 1.54) is 12.5 Å². The van der Waals surface area contributed by atoms with E-state index in [9.17, 15) is 4.79 Å². The fraction of sp³-hybridized carbons (Fsp3) is 0.438. The van der Waals surface area contributed by atoms with Gasteiger partial charge < -0.3 is 14.8 Å². The van der Waals surface area contributed by atoms with Crippen molar-refractivity contribution in [1.82, 2.24) is 10.2 Å². The Labute approximate surface area is 134 Å². The fourth-order valence-electron chi connectivity index (χ4n) is 2.70. The number of hydrogen-bond donors (Lipinski definition) is 1. The van der Waals surface area contributed by atoms with Gasteiger partial charge in [-0.15, -0.1) is 0 Å². The van der Waals surface area contributed by atoms with Crippen LogP contribution >= 0.6 is 11.6 Å². The Morgan fingerprint density at radius 3 is 2.91 bits per heavy atom. The molecular formula is C16H19ClN2O3. The molecule has 2 aliphatic heterocycles. The summed E-state index contributed by atoms with van der Waals surface area (Å²) < 4.78 is 10.7. The van der Waals surface area contributed by atoms with Gasteiger partial charge in [0, 0.05) is 44.2 Å². The van der Waals surface area contributed by atoms with Crippen LogP contribution in [-0.2, 0) is 11.3 Å². The number of amides is 1. The Morgan fingerprint density at radius 1 is 1.36 bits per heavy atom. The lowest BCUT2D eigenvalue weighted by Crippen LogP contribution is -2.34. The SMILES string of the molecule is CC(=O)NCC1=CCCN(Cc2cc3c(cc2Cl)OCO3)C1. The van der Waals surface area contributed by atoms with Crippen molar-refractivity contribution >= 4 is 17.5 Å². The van der Waals surface area contributed by atoms with E-state index in [0.717, 1.165) is 37.4 Å². The molecular weight excluding hydrogens is 304 g/mol. The number of carbonyl (C=O) groups is 1. The Balaban J connectivity index is 1.64. The van der Waals surface area contributed by atoms with Crippen molar-refractivity contribution in [2.45, 2.75) is 19.9 Å². The van der Waals surface area contributed by atoms with Crippen LogP contribution in [0.4, 0.5) is 0 Å². The average Bonchev–Trinajstić information content (AvgIpc) is 2.93. The van der Waals surface area contributed by atoms with Crippen LogP contribution in [0.3, 0.4) is 0 Å². The minimum Gasteiger partial charge on any atom is -0.454 e. The zero-order valence-corrected chi connectivity index (χ0v) is 13.3. The Morgan fingerprint density at radius 2 is 2.14 bits per heavy atom. The average molecular weight is 323 g/mol. The van der Waals surface area contributed by atoms with Crippen molar-refractivity contribution in [3.63, 3.8) is 0 Å². The highest BCUT2D eigenvalue weighted by Gasteiger charge is 2.19. The smallest absolute Gasteiger partial charge is 0.231 e. The highest BCUT2D eigenvalue weighted by Crippen LogP contribution is 2.37. The van der Waals surface area contributed by atoms with E-state index in [0.29, 0.717) is 17.3 Å². The highest BCUT2D eigenvalue weighted by atomic mass is 35.5. The molecule has 0 radical (unpaired) electrons. The molecule has 0 aliphatic carbocycles. The maximum atomic E-state index is 11.0. The second kappa shape index (κ2) is 6.58. The van der Waals surface area contributed by atoms with Gasteiger partial charge in [-0.3, -0.25) is 9.69 Å². The molecule has 0 aromatic heterocycles. The molecule has 118 valence electrons. The molecule has 0 saturated carbocycles. The number of ether oxygens (including phenoxy) is 2. The van der Waals surface area contributed by atoms with Crippen LogP contribution < -0.4 is 14.8 Å². The van der Waals surface area contributed by atoms with Crippen molar-refractivity contribution in [1.29, 1.82) is 0 Å². The molecule has 0 bridgehead atoms. The lowest BCUT2D eigenvalue weighted by Gasteiger charge is -2.27. The number of halogens is 1. The van der Waals surface area contributed by atoms with Gasteiger partial charge in [-0.05, 0) is 23.6 Å². The highest BCUT2D eigenvalue weighted by molar-refractivity contribution is 6.31. The second-order valence-corrected chi connectivity index (χ2v) is 5.98. The molecule has 0 spiro atoms. The third kappa shape index (κ3) is 3.54. The molecule has 1 aromatic carbocycles. The summed E-state index contributed by atoms with van der Waals surface area (Å²) in [5.74, 6) is 1.46. The topological polar surface area (TPSA) is 50.8 Å². The van der Waals surface area contributed by atoms with Crippen molar-refractivity contribution < 1.29 is 14.3 Å². The van der Waals surface area contributed by atoms with Gasteiger partial charge >= 0.3 is 0 Å². The standard InChI is InChI=1S/C16H19ClN2O3/c1-11(20)18-7-12-3-2-4-19(8-12)9-13-5-15-16(6-14(13)17)22-10-21-15/h3,5-6H,2,4,7-10H2,1H3,(H,18,20). The summed E-state index contributed by atoms with van der Waals surface area (Å²) in [6, 6.07) is 3.77. The van der Waals surface area contributed by atoms with Gasteiger partial charge in [0.25, 0.3) is 0 Å². The molecule has 1 amide bonds. The van der Waals surface area contributed by atoms with Crippen molar-refractivity contribution in [2.75, 3.05) is 26.4 Å². The lowest BCUT2D eigenvalue weighted by molar-refractivity contribution is -0.118. The first-order chi connectivity index (χ1) is 10.6. The van der Waals surface area contributed by atoms with E-state index in [2.05, 4.69) is 16.3 Å².